The zero-order chi connectivity index (χ0) is 27.0. The predicted molar refractivity (Wildman–Crippen MR) is 159 cm³/mol. The highest BCUT2D eigenvalue weighted by molar-refractivity contribution is 8.18. The maximum Gasteiger partial charge on any atom is 0.267 e. The molecular formula is C32H27ClN2O3S. The first-order valence-corrected chi connectivity index (χ1v) is 13.7. The Hall–Kier alpha value is -4.00. The number of methoxy groups -OCH3 is 1. The molecule has 7 heteroatoms. The Morgan fingerprint density at radius 3 is 2.23 bits per heavy atom. The zero-order valence-corrected chi connectivity index (χ0v) is 23.0. The van der Waals surface area contributed by atoms with Crippen LogP contribution in [0.4, 0.5) is 0 Å². The number of halogens is 1. The standard InChI is InChI=1S/C32H27ClN2O3S/c1-37-29-18-26(14-17-28(29)38-22-25-12-15-27(33)16-13-25)19-30-31(36)35(21-24-10-6-3-7-11-24)32(39-30)34-20-23-8-4-2-5-9-23/h2-19H,20-22H2,1H3/b30-19-,34-32?. The van der Waals surface area contributed by atoms with E-state index in [0.29, 0.717) is 46.3 Å². The molecule has 0 bridgehead atoms. The summed E-state index contributed by atoms with van der Waals surface area (Å²) in [6.07, 6.45) is 1.88. The highest BCUT2D eigenvalue weighted by atomic mass is 35.5. The van der Waals surface area contributed by atoms with Gasteiger partial charge in [0.15, 0.2) is 16.7 Å². The molecule has 0 atom stereocenters. The number of ether oxygens (including phenoxy) is 2. The Bertz CT molecular complexity index is 1490. The van der Waals surface area contributed by atoms with Crippen molar-refractivity contribution in [3.8, 4) is 11.5 Å². The molecule has 1 heterocycles. The summed E-state index contributed by atoms with van der Waals surface area (Å²) in [4.78, 5) is 20.7. The largest absolute Gasteiger partial charge is 0.493 e. The molecule has 0 saturated carbocycles. The summed E-state index contributed by atoms with van der Waals surface area (Å²) < 4.78 is 11.6. The minimum atomic E-state index is -0.0716. The van der Waals surface area contributed by atoms with E-state index in [2.05, 4.69) is 0 Å². The number of thioether (sulfide) groups is 1. The molecule has 0 unspecified atom stereocenters. The number of nitrogens with zero attached hydrogens (tertiary/aromatic N) is 2. The lowest BCUT2D eigenvalue weighted by molar-refractivity contribution is -0.122. The Morgan fingerprint density at radius 2 is 1.54 bits per heavy atom. The van der Waals surface area contributed by atoms with Gasteiger partial charge in [0.1, 0.15) is 6.61 Å². The number of carbonyl (C=O) groups excluding carboxylic acids is 1. The van der Waals surface area contributed by atoms with E-state index in [-0.39, 0.29) is 5.91 Å². The van der Waals surface area contributed by atoms with Gasteiger partial charge in [0.25, 0.3) is 5.91 Å². The van der Waals surface area contributed by atoms with Gasteiger partial charge in [-0.1, -0.05) is 90.5 Å². The molecule has 4 aromatic rings. The van der Waals surface area contributed by atoms with Crippen molar-refractivity contribution < 1.29 is 14.3 Å². The molecule has 5 rings (SSSR count). The van der Waals surface area contributed by atoms with Crippen LogP contribution in [0.1, 0.15) is 22.3 Å². The van der Waals surface area contributed by atoms with Crippen molar-refractivity contribution in [1.82, 2.24) is 4.90 Å². The average Bonchev–Trinajstić information content (AvgIpc) is 3.26. The smallest absolute Gasteiger partial charge is 0.267 e. The third-order valence-electron chi connectivity index (χ3n) is 6.10. The molecular weight excluding hydrogens is 528 g/mol. The number of carbonyl (C=O) groups is 1. The van der Waals surface area contributed by atoms with Gasteiger partial charge in [-0.15, -0.1) is 0 Å². The van der Waals surface area contributed by atoms with Crippen LogP contribution >= 0.6 is 23.4 Å². The van der Waals surface area contributed by atoms with Crippen LogP contribution < -0.4 is 9.47 Å². The second-order valence-electron chi connectivity index (χ2n) is 8.90. The van der Waals surface area contributed by atoms with Crippen LogP contribution in [0, 0.1) is 0 Å². The topological polar surface area (TPSA) is 51.1 Å². The average molecular weight is 555 g/mol. The first-order chi connectivity index (χ1) is 19.1. The molecule has 1 fully saturated rings. The normalized spacial score (nSPS) is 15.2. The van der Waals surface area contributed by atoms with Crippen molar-refractivity contribution in [2.75, 3.05) is 7.11 Å². The second kappa shape index (κ2) is 12.7. The van der Waals surface area contributed by atoms with Crippen molar-refractivity contribution in [3.63, 3.8) is 0 Å². The minimum Gasteiger partial charge on any atom is -0.493 e. The number of hydrogen-bond acceptors (Lipinski definition) is 5. The van der Waals surface area contributed by atoms with E-state index in [0.717, 1.165) is 22.3 Å². The van der Waals surface area contributed by atoms with Gasteiger partial charge < -0.3 is 9.47 Å². The molecule has 0 N–H and O–H groups in total. The van der Waals surface area contributed by atoms with E-state index < -0.39 is 0 Å². The fourth-order valence-electron chi connectivity index (χ4n) is 4.06. The summed E-state index contributed by atoms with van der Waals surface area (Å²) in [5.74, 6) is 1.14. The monoisotopic (exact) mass is 554 g/mol. The van der Waals surface area contributed by atoms with Crippen LogP contribution in [-0.4, -0.2) is 23.1 Å². The molecule has 4 aromatic carbocycles. The number of benzene rings is 4. The third kappa shape index (κ3) is 6.91. The third-order valence-corrected chi connectivity index (χ3v) is 7.40. The van der Waals surface area contributed by atoms with Crippen LogP contribution in [0.15, 0.2) is 113 Å². The van der Waals surface area contributed by atoms with Gasteiger partial charge in [-0.05, 0) is 64.4 Å². The number of amides is 1. The fourth-order valence-corrected chi connectivity index (χ4v) is 5.16. The fraction of sp³-hybridized carbons (Fsp3) is 0.125. The molecule has 1 aliphatic rings. The van der Waals surface area contributed by atoms with Crippen LogP contribution in [-0.2, 0) is 24.5 Å². The predicted octanol–water partition coefficient (Wildman–Crippen LogP) is 7.60. The lowest BCUT2D eigenvalue weighted by Crippen LogP contribution is -2.28. The van der Waals surface area contributed by atoms with Crippen LogP contribution in [0.5, 0.6) is 11.5 Å². The van der Waals surface area contributed by atoms with Gasteiger partial charge in [0.05, 0.1) is 25.1 Å². The number of aliphatic imine (C=N–C) groups is 1. The summed E-state index contributed by atoms with van der Waals surface area (Å²) in [6.45, 7) is 1.35. The maximum absolute atomic E-state index is 13.5. The summed E-state index contributed by atoms with van der Waals surface area (Å²) in [5, 5.41) is 1.37. The number of hydrogen-bond donors (Lipinski definition) is 0. The van der Waals surface area contributed by atoms with Gasteiger partial charge in [-0.25, -0.2) is 0 Å². The van der Waals surface area contributed by atoms with E-state index in [1.54, 1.807) is 12.0 Å². The summed E-state index contributed by atoms with van der Waals surface area (Å²) in [7, 11) is 1.60. The highest BCUT2D eigenvalue weighted by Crippen LogP contribution is 2.36. The first-order valence-electron chi connectivity index (χ1n) is 12.5. The first kappa shape index (κ1) is 26.6. The van der Waals surface area contributed by atoms with Crippen molar-refractivity contribution in [1.29, 1.82) is 0 Å². The Labute approximate surface area is 237 Å². The molecule has 196 valence electrons. The molecule has 0 radical (unpaired) electrons. The van der Waals surface area contributed by atoms with Crippen LogP contribution in [0.25, 0.3) is 6.08 Å². The summed E-state index contributed by atoms with van der Waals surface area (Å²) in [6, 6.07) is 33.2. The lowest BCUT2D eigenvalue weighted by atomic mass is 10.1. The molecule has 39 heavy (non-hydrogen) atoms. The SMILES string of the molecule is COc1cc(/C=C2\SC(=NCc3ccccc3)N(Cc3ccccc3)C2=O)ccc1OCc1ccc(Cl)cc1. The molecule has 0 spiro atoms. The maximum atomic E-state index is 13.5. The van der Waals surface area contributed by atoms with Crippen LogP contribution in [0.2, 0.25) is 5.02 Å². The van der Waals surface area contributed by atoms with Gasteiger partial charge in [0, 0.05) is 5.02 Å². The Balaban J connectivity index is 1.37. The number of rotatable bonds is 9. The quantitative estimate of drug-likeness (QED) is 0.200. The zero-order valence-electron chi connectivity index (χ0n) is 21.4. The van der Waals surface area contributed by atoms with Crippen molar-refractivity contribution >= 4 is 40.5 Å². The highest BCUT2D eigenvalue weighted by Gasteiger charge is 2.33. The molecule has 0 aromatic heterocycles. The van der Waals surface area contributed by atoms with Gasteiger partial charge in [0.2, 0.25) is 0 Å². The van der Waals surface area contributed by atoms with Gasteiger partial charge in [-0.3, -0.25) is 14.7 Å². The van der Waals surface area contributed by atoms with E-state index in [1.165, 1.54) is 11.8 Å². The lowest BCUT2D eigenvalue weighted by Gasteiger charge is -2.15. The van der Waals surface area contributed by atoms with Gasteiger partial charge >= 0.3 is 0 Å². The molecule has 1 aliphatic heterocycles. The van der Waals surface area contributed by atoms with E-state index in [1.807, 2.05) is 109 Å². The minimum absolute atomic E-state index is 0.0716. The van der Waals surface area contributed by atoms with Gasteiger partial charge in [-0.2, -0.15) is 0 Å². The molecule has 1 saturated heterocycles. The summed E-state index contributed by atoms with van der Waals surface area (Å²) in [5.41, 5.74) is 3.98. The Morgan fingerprint density at radius 1 is 0.846 bits per heavy atom. The molecule has 0 aliphatic carbocycles. The molecule has 5 nitrogen and oxygen atoms in total. The van der Waals surface area contributed by atoms with Crippen LogP contribution in [0.3, 0.4) is 0 Å². The van der Waals surface area contributed by atoms with E-state index >= 15 is 0 Å². The second-order valence-corrected chi connectivity index (χ2v) is 10.3. The number of amidine groups is 1. The van der Waals surface area contributed by atoms with Crippen molar-refractivity contribution in [2.24, 2.45) is 4.99 Å². The summed E-state index contributed by atoms with van der Waals surface area (Å²) >= 11 is 7.37. The van der Waals surface area contributed by atoms with Crippen molar-refractivity contribution in [2.45, 2.75) is 19.7 Å². The van der Waals surface area contributed by atoms with Crippen molar-refractivity contribution in [3.05, 3.63) is 135 Å². The van der Waals surface area contributed by atoms with E-state index in [9.17, 15) is 4.79 Å². The Kier molecular flexibility index (Phi) is 8.66. The van der Waals surface area contributed by atoms with E-state index in [4.69, 9.17) is 26.1 Å². The molecule has 1 amide bonds.